The Balaban J connectivity index is 2.76. The van der Waals surface area contributed by atoms with E-state index >= 15 is 0 Å². The van der Waals surface area contributed by atoms with Gasteiger partial charge in [0.1, 0.15) is 12.0 Å². The predicted octanol–water partition coefficient (Wildman–Crippen LogP) is 0.507. The molecule has 1 aromatic heterocycles. The summed E-state index contributed by atoms with van der Waals surface area (Å²) in [5.74, 6) is -0.904. The quantitative estimate of drug-likeness (QED) is 0.648. The highest BCUT2D eigenvalue weighted by Crippen LogP contribution is 2.02. The van der Waals surface area contributed by atoms with E-state index in [0.29, 0.717) is 5.56 Å². The zero-order valence-corrected chi connectivity index (χ0v) is 7.30. The molecule has 0 fully saturated rings. The second-order valence-electron chi connectivity index (χ2n) is 2.51. The van der Waals surface area contributed by atoms with Crippen LogP contribution in [0.25, 0.3) is 0 Å². The largest absolute Gasteiger partial charge is 0.472 e. The van der Waals surface area contributed by atoms with Gasteiger partial charge in [0.15, 0.2) is 15.6 Å². The summed E-state index contributed by atoms with van der Waals surface area (Å²) in [4.78, 5) is 11.1. The topological polar surface area (TPSA) is 64.3 Å². The van der Waals surface area contributed by atoms with Gasteiger partial charge in [-0.1, -0.05) is 0 Å². The molecule has 0 N–H and O–H groups in total. The van der Waals surface area contributed by atoms with Gasteiger partial charge in [0.25, 0.3) is 0 Å². The number of hydrogen-bond acceptors (Lipinski definition) is 4. The van der Waals surface area contributed by atoms with Gasteiger partial charge in [-0.15, -0.1) is 0 Å². The van der Waals surface area contributed by atoms with Crippen molar-refractivity contribution in [3.8, 4) is 0 Å². The molecule has 0 unspecified atom stereocenters. The minimum absolute atomic E-state index is 0.292. The van der Waals surface area contributed by atoms with E-state index in [-0.39, 0.29) is 0 Å². The first-order chi connectivity index (χ1) is 5.49. The molecule has 0 aliphatic carbocycles. The van der Waals surface area contributed by atoms with Crippen molar-refractivity contribution in [1.29, 1.82) is 0 Å². The molecule has 1 aromatic rings. The summed E-state index contributed by atoms with van der Waals surface area (Å²) < 4.78 is 26.0. The molecule has 12 heavy (non-hydrogen) atoms. The summed E-state index contributed by atoms with van der Waals surface area (Å²) >= 11 is 0. The van der Waals surface area contributed by atoms with E-state index in [2.05, 4.69) is 4.42 Å². The normalized spacial score (nSPS) is 11.4. The molecule has 4 nitrogen and oxygen atoms in total. The van der Waals surface area contributed by atoms with Crippen LogP contribution in [0.15, 0.2) is 23.0 Å². The zero-order valence-electron chi connectivity index (χ0n) is 6.48. The van der Waals surface area contributed by atoms with E-state index in [1.807, 2.05) is 0 Å². The van der Waals surface area contributed by atoms with Crippen molar-refractivity contribution < 1.29 is 17.6 Å². The van der Waals surface area contributed by atoms with Crippen molar-refractivity contribution in [1.82, 2.24) is 0 Å². The number of furan rings is 1. The lowest BCUT2D eigenvalue weighted by Gasteiger charge is -1.93. The van der Waals surface area contributed by atoms with Crippen molar-refractivity contribution in [3.05, 3.63) is 24.2 Å². The summed E-state index contributed by atoms with van der Waals surface area (Å²) in [5, 5.41) is 0. The predicted molar refractivity (Wildman–Crippen MR) is 42.7 cm³/mol. The number of rotatable bonds is 3. The van der Waals surface area contributed by atoms with Crippen LogP contribution >= 0.6 is 0 Å². The lowest BCUT2D eigenvalue weighted by atomic mass is 10.2. The third kappa shape index (κ3) is 2.50. The maximum Gasteiger partial charge on any atom is 0.181 e. The van der Waals surface area contributed by atoms with E-state index in [1.54, 1.807) is 0 Å². The zero-order chi connectivity index (χ0) is 9.19. The summed E-state index contributed by atoms with van der Waals surface area (Å²) in [6.07, 6.45) is 3.58. The molecule has 0 saturated heterocycles. The molecule has 0 aromatic carbocycles. The molecule has 66 valence electrons. The van der Waals surface area contributed by atoms with E-state index in [4.69, 9.17) is 0 Å². The fraction of sp³-hybridized carbons (Fsp3) is 0.286. The fourth-order valence-corrected chi connectivity index (χ4v) is 1.39. The van der Waals surface area contributed by atoms with Gasteiger partial charge in [0, 0.05) is 6.26 Å². The van der Waals surface area contributed by atoms with Crippen LogP contribution < -0.4 is 0 Å². The van der Waals surface area contributed by atoms with Crippen LogP contribution in [0.4, 0.5) is 0 Å². The second-order valence-corrected chi connectivity index (χ2v) is 4.65. The molecule has 0 atom stereocenters. The van der Waals surface area contributed by atoms with Gasteiger partial charge < -0.3 is 4.42 Å². The molecule has 0 aliphatic rings. The Morgan fingerprint density at radius 1 is 1.58 bits per heavy atom. The summed E-state index contributed by atoms with van der Waals surface area (Å²) in [5.41, 5.74) is 0.292. The molecule has 0 aliphatic heterocycles. The Labute approximate surface area is 70.1 Å². The average Bonchev–Trinajstić information content (AvgIpc) is 2.32. The SMILES string of the molecule is CS(=O)(=O)CC(=O)c1ccoc1. The lowest BCUT2D eigenvalue weighted by Crippen LogP contribution is -2.13. The van der Waals surface area contributed by atoms with Gasteiger partial charge in [-0.3, -0.25) is 4.79 Å². The molecule has 0 saturated carbocycles. The van der Waals surface area contributed by atoms with E-state index in [9.17, 15) is 13.2 Å². The molecule has 5 heteroatoms. The average molecular weight is 188 g/mol. The smallest absolute Gasteiger partial charge is 0.181 e. The Kier molecular flexibility index (Phi) is 2.32. The molecule has 0 bridgehead atoms. The minimum Gasteiger partial charge on any atom is -0.472 e. The summed E-state index contributed by atoms with van der Waals surface area (Å²) in [7, 11) is -3.24. The molecule has 0 radical (unpaired) electrons. The number of hydrogen-bond donors (Lipinski definition) is 0. The number of carbonyl (C=O) groups excluding carboxylic acids is 1. The van der Waals surface area contributed by atoms with Crippen LogP contribution in [0.5, 0.6) is 0 Å². The molecule has 1 rings (SSSR count). The third-order valence-corrected chi connectivity index (χ3v) is 2.02. The maximum absolute atomic E-state index is 11.1. The highest BCUT2D eigenvalue weighted by atomic mass is 32.2. The summed E-state index contributed by atoms with van der Waals surface area (Å²) in [6, 6.07) is 1.44. The second kappa shape index (κ2) is 3.10. The molecule has 0 spiro atoms. The van der Waals surface area contributed by atoms with E-state index in [0.717, 1.165) is 6.26 Å². The first-order valence-corrected chi connectivity index (χ1v) is 5.28. The first-order valence-electron chi connectivity index (χ1n) is 3.22. The highest BCUT2D eigenvalue weighted by molar-refractivity contribution is 7.91. The Bertz CT molecular complexity index is 360. The van der Waals surface area contributed by atoms with Crippen molar-refractivity contribution in [3.63, 3.8) is 0 Å². The highest BCUT2D eigenvalue weighted by Gasteiger charge is 2.13. The van der Waals surface area contributed by atoms with Crippen molar-refractivity contribution in [2.45, 2.75) is 0 Å². The van der Waals surface area contributed by atoms with Gasteiger partial charge in [-0.2, -0.15) is 0 Å². The van der Waals surface area contributed by atoms with Gasteiger partial charge in [0.2, 0.25) is 0 Å². The van der Waals surface area contributed by atoms with Crippen molar-refractivity contribution in [2.75, 3.05) is 12.0 Å². The fourth-order valence-electron chi connectivity index (χ4n) is 0.745. The maximum atomic E-state index is 11.1. The van der Waals surface area contributed by atoms with Gasteiger partial charge >= 0.3 is 0 Å². The van der Waals surface area contributed by atoms with E-state index in [1.165, 1.54) is 18.6 Å². The van der Waals surface area contributed by atoms with Crippen LogP contribution in [0, 0.1) is 0 Å². The Morgan fingerprint density at radius 3 is 2.67 bits per heavy atom. The molecule has 0 amide bonds. The number of Topliss-reactive ketones (excluding diaryl/α,β-unsaturated/α-hetero) is 1. The van der Waals surface area contributed by atoms with Crippen LogP contribution in [-0.4, -0.2) is 26.2 Å². The van der Waals surface area contributed by atoms with Crippen LogP contribution in [-0.2, 0) is 9.84 Å². The van der Waals surface area contributed by atoms with Crippen molar-refractivity contribution >= 4 is 15.6 Å². The Morgan fingerprint density at radius 2 is 2.25 bits per heavy atom. The minimum atomic E-state index is -3.24. The number of carbonyl (C=O) groups is 1. The molecule has 1 heterocycles. The van der Waals surface area contributed by atoms with Gasteiger partial charge in [-0.05, 0) is 6.07 Å². The summed E-state index contributed by atoms with van der Waals surface area (Å²) in [6.45, 7) is 0. The van der Waals surface area contributed by atoms with Crippen LogP contribution in [0.1, 0.15) is 10.4 Å². The molecular weight excluding hydrogens is 180 g/mol. The molecular formula is C7H8O4S. The monoisotopic (exact) mass is 188 g/mol. The lowest BCUT2D eigenvalue weighted by molar-refractivity contribution is 0.102. The standard InChI is InChI=1S/C7H8O4S/c1-12(9,10)5-7(8)6-2-3-11-4-6/h2-4H,5H2,1H3. The Hall–Kier alpha value is -1.10. The first kappa shape index (κ1) is 8.99. The number of sulfone groups is 1. The van der Waals surface area contributed by atoms with Crippen LogP contribution in [0.2, 0.25) is 0 Å². The number of ketones is 1. The van der Waals surface area contributed by atoms with Gasteiger partial charge in [-0.25, -0.2) is 8.42 Å². The van der Waals surface area contributed by atoms with Crippen molar-refractivity contribution in [2.24, 2.45) is 0 Å². The van der Waals surface area contributed by atoms with Gasteiger partial charge in [0.05, 0.1) is 11.8 Å². The third-order valence-electron chi connectivity index (χ3n) is 1.24. The van der Waals surface area contributed by atoms with E-state index < -0.39 is 21.4 Å². The van der Waals surface area contributed by atoms with Crippen LogP contribution in [0.3, 0.4) is 0 Å².